The average Bonchev–Trinajstić information content (AvgIpc) is 3.26. The lowest BCUT2D eigenvalue weighted by atomic mass is 10.1. The van der Waals surface area contributed by atoms with Gasteiger partial charge in [-0.3, -0.25) is 9.59 Å². The van der Waals surface area contributed by atoms with Crippen LogP contribution in [0.15, 0.2) is 48.1 Å². The van der Waals surface area contributed by atoms with Crippen LogP contribution in [-0.2, 0) is 0 Å². The van der Waals surface area contributed by atoms with E-state index in [1.807, 2.05) is 13.0 Å². The predicted octanol–water partition coefficient (Wildman–Crippen LogP) is 4.10. The third-order valence-corrected chi connectivity index (χ3v) is 5.97. The highest BCUT2D eigenvalue weighted by Gasteiger charge is 2.17. The van der Waals surface area contributed by atoms with E-state index >= 15 is 0 Å². The molecule has 4 rings (SSSR count). The molecule has 9 nitrogen and oxygen atoms in total. The van der Waals surface area contributed by atoms with Crippen molar-refractivity contribution in [3.8, 4) is 11.5 Å². The van der Waals surface area contributed by atoms with Crippen molar-refractivity contribution in [3.63, 3.8) is 0 Å². The van der Waals surface area contributed by atoms with Gasteiger partial charge in [-0.25, -0.2) is 9.97 Å². The zero-order valence-corrected chi connectivity index (χ0v) is 18.9. The molecule has 0 aliphatic rings. The first-order valence-electron chi connectivity index (χ1n) is 9.83. The van der Waals surface area contributed by atoms with E-state index in [0.29, 0.717) is 50.0 Å². The third kappa shape index (κ3) is 4.55. The fourth-order valence-electron chi connectivity index (χ4n) is 3.20. The van der Waals surface area contributed by atoms with Crippen LogP contribution in [0.2, 0.25) is 0 Å². The number of aromatic nitrogens is 2. The van der Waals surface area contributed by atoms with E-state index in [1.54, 1.807) is 35.7 Å². The van der Waals surface area contributed by atoms with Crippen LogP contribution >= 0.6 is 11.3 Å². The van der Waals surface area contributed by atoms with Gasteiger partial charge in [0.15, 0.2) is 0 Å². The van der Waals surface area contributed by atoms with Crippen molar-refractivity contribution in [3.05, 3.63) is 64.8 Å². The number of amides is 2. The van der Waals surface area contributed by atoms with Crippen LogP contribution in [0, 0.1) is 6.92 Å². The lowest BCUT2D eigenvalue weighted by molar-refractivity contribution is 0.102. The lowest BCUT2D eigenvalue weighted by Gasteiger charge is -2.12. The van der Waals surface area contributed by atoms with Crippen molar-refractivity contribution in [1.29, 1.82) is 0 Å². The molecular formula is C23H21N5O4S. The molecule has 4 aromatic rings. The molecule has 0 unspecified atom stereocenters. The quantitative estimate of drug-likeness (QED) is 0.393. The molecule has 2 aromatic carbocycles. The summed E-state index contributed by atoms with van der Waals surface area (Å²) in [5.74, 6) is 0.666. The molecule has 2 heterocycles. The number of carbonyl (C=O) groups is 2. The minimum absolute atomic E-state index is 0.330. The van der Waals surface area contributed by atoms with E-state index < -0.39 is 0 Å². The standard InChI is InChI=1S/C23H21N5O4S/c1-12-4-5-14(27-22(29)13-6-15(31-2)9-16(7-13)32-3)8-18(12)28-23(30)17-10-33-20-19(17)25-11-26-21(20)24/h4-11H,1-3H3,(H,27,29)(H,28,30)(H2,24,25,26). The van der Waals surface area contributed by atoms with Gasteiger partial charge in [0.1, 0.15) is 23.6 Å². The number of benzene rings is 2. The number of aryl methyl sites for hydroxylation is 1. The second-order valence-electron chi connectivity index (χ2n) is 7.13. The van der Waals surface area contributed by atoms with Crippen molar-refractivity contribution in [2.75, 3.05) is 30.6 Å². The number of rotatable bonds is 6. The summed E-state index contributed by atoms with van der Waals surface area (Å²) < 4.78 is 11.1. The summed E-state index contributed by atoms with van der Waals surface area (Å²) in [6, 6.07) is 10.2. The molecule has 168 valence electrons. The van der Waals surface area contributed by atoms with Gasteiger partial charge in [-0.2, -0.15) is 0 Å². The molecule has 0 atom stereocenters. The summed E-state index contributed by atoms with van der Waals surface area (Å²) in [5, 5.41) is 7.42. The van der Waals surface area contributed by atoms with E-state index in [9.17, 15) is 9.59 Å². The van der Waals surface area contributed by atoms with Gasteiger partial charge in [0, 0.05) is 28.4 Å². The molecule has 4 N–H and O–H groups in total. The number of thiophene rings is 1. The number of nitrogens with zero attached hydrogens (tertiary/aromatic N) is 2. The fourth-order valence-corrected chi connectivity index (χ4v) is 4.10. The highest BCUT2D eigenvalue weighted by atomic mass is 32.1. The maximum absolute atomic E-state index is 12.9. The van der Waals surface area contributed by atoms with Crippen LogP contribution in [-0.4, -0.2) is 36.0 Å². The molecule has 0 spiro atoms. The van der Waals surface area contributed by atoms with Crippen molar-refractivity contribution < 1.29 is 19.1 Å². The van der Waals surface area contributed by atoms with Gasteiger partial charge >= 0.3 is 0 Å². The zero-order valence-electron chi connectivity index (χ0n) is 18.1. The molecule has 0 fully saturated rings. The first-order valence-corrected chi connectivity index (χ1v) is 10.7. The van der Waals surface area contributed by atoms with E-state index in [4.69, 9.17) is 15.2 Å². The molecule has 0 aliphatic heterocycles. The summed E-state index contributed by atoms with van der Waals surface area (Å²) in [5.41, 5.74) is 9.05. The normalized spacial score (nSPS) is 10.6. The topological polar surface area (TPSA) is 128 Å². The molecule has 0 saturated carbocycles. The Bertz CT molecular complexity index is 1350. The lowest BCUT2D eigenvalue weighted by Crippen LogP contribution is -2.15. The van der Waals surface area contributed by atoms with Crippen LogP contribution in [0.1, 0.15) is 26.3 Å². The molecular weight excluding hydrogens is 442 g/mol. The van der Waals surface area contributed by atoms with Crippen molar-refractivity contribution in [2.45, 2.75) is 6.92 Å². The molecule has 0 saturated heterocycles. The van der Waals surface area contributed by atoms with E-state index in [2.05, 4.69) is 20.6 Å². The molecule has 0 bridgehead atoms. The number of nitrogens with one attached hydrogen (secondary N) is 2. The first kappa shape index (κ1) is 22.0. The Balaban J connectivity index is 1.56. The number of anilines is 3. The Morgan fingerprint density at radius 2 is 1.70 bits per heavy atom. The third-order valence-electron chi connectivity index (χ3n) is 4.98. The summed E-state index contributed by atoms with van der Waals surface area (Å²) >= 11 is 1.31. The summed E-state index contributed by atoms with van der Waals surface area (Å²) in [6.07, 6.45) is 1.33. The summed E-state index contributed by atoms with van der Waals surface area (Å²) in [4.78, 5) is 33.9. The highest BCUT2D eigenvalue weighted by molar-refractivity contribution is 7.18. The van der Waals surface area contributed by atoms with Crippen LogP contribution in [0.25, 0.3) is 10.2 Å². The van der Waals surface area contributed by atoms with Gasteiger partial charge in [-0.05, 0) is 36.8 Å². The number of hydrogen-bond donors (Lipinski definition) is 3. The zero-order chi connectivity index (χ0) is 23.5. The van der Waals surface area contributed by atoms with Crippen molar-refractivity contribution in [2.24, 2.45) is 0 Å². The maximum atomic E-state index is 12.9. The highest BCUT2D eigenvalue weighted by Crippen LogP contribution is 2.29. The Morgan fingerprint density at radius 1 is 0.970 bits per heavy atom. The second-order valence-corrected chi connectivity index (χ2v) is 8.00. The SMILES string of the molecule is COc1cc(OC)cc(C(=O)Nc2ccc(C)c(NC(=O)c3csc4c(N)ncnc34)c2)c1. The van der Waals surface area contributed by atoms with E-state index in [1.165, 1.54) is 31.9 Å². The largest absolute Gasteiger partial charge is 0.497 e. The number of ether oxygens (including phenoxy) is 2. The Labute approximate surface area is 193 Å². The van der Waals surface area contributed by atoms with Crippen LogP contribution < -0.4 is 25.8 Å². The first-order chi connectivity index (χ1) is 15.9. The summed E-state index contributed by atoms with van der Waals surface area (Å²) in [7, 11) is 3.03. The number of hydrogen-bond acceptors (Lipinski definition) is 8. The average molecular weight is 464 g/mol. The molecule has 0 aliphatic carbocycles. The fraction of sp³-hybridized carbons (Fsp3) is 0.130. The number of carbonyl (C=O) groups excluding carboxylic acids is 2. The molecule has 0 radical (unpaired) electrons. The number of nitrogen functional groups attached to an aromatic ring is 1. The minimum Gasteiger partial charge on any atom is -0.497 e. The van der Waals surface area contributed by atoms with Crippen molar-refractivity contribution >= 4 is 50.6 Å². The van der Waals surface area contributed by atoms with E-state index in [-0.39, 0.29) is 11.8 Å². The smallest absolute Gasteiger partial charge is 0.258 e. The molecule has 10 heteroatoms. The van der Waals surface area contributed by atoms with Gasteiger partial charge in [-0.15, -0.1) is 11.3 Å². The number of nitrogens with two attached hydrogens (primary N) is 1. The van der Waals surface area contributed by atoms with Gasteiger partial charge in [-0.1, -0.05) is 6.07 Å². The summed E-state index contributed by atoms with van der Waals surface area (Å²) in [6.45, 7) is 1.86. The number of methoxy groups -OCH3 is 2. The Hall–Kier alpha value is -4.18. The van der Waals surface area contributed by atoms with Gasteiger partial charge in [0.2, 0.25) is 0 Å². The Kier molecular flexibility index (Phi) is 6.09. The van der Waals surface area contributed by atoms with Gasteiger partial charge < -0.3 is 25.8 Å². The Morgan fingerprint density at radius 3 is 2.39 bits per heavy atom. The minimum atomic E-state index is -0.343. The molecule has 2 aromatic heterocycles. The van der Waals surface area contributed by atoms with E-state index in [0.717, 1.165) is 5.56 Å². The molecule has 2 amide bonds. The predicted molar refractivity (Wildman–Crippen MR) is 128 cm³/mol. The van der Waals surface area contributed by atoms with Gasteiger partial charge in [0.25, 0.3) is 11.8 Å². The monoisotopic (exact) mass is 463 g/mol. The van der Waals surface area contributed by atoms with Crippen LogP contribution in [0.3, 0.4) is 0 Å². The van der Waals surface area contributed by atoms with Crippen LogP contribution in [0.5, 0.6) is 11.5 Å². The number of fused-ring (bicyclic) bond motifs is 1. The van der Waals surface area contributed by atoms with Crippen LogP contribution in [0.4, 0.5) is 17.2 Å². The van der Waals surface area contributed by atoms with Crippen molar-refractivity contribution in [1.82, 2.24) is 9.97 Å². The molecule has 33 heavy (non-hydrogen) atoms. The second kappa shape index (κ2) is 9.13. The maximum Gasteiger partial charge on any atom is 0.258 e. The van der Waals surface area contributed by atoms with Gasteiger partial charge in [0.05, 0.1) is 30.0 Å².